The quantitative estimate of drug-likeness (QED) is 0.185. The number of imidazole rings is 1. The summed E-state index contributed by atoms with van der Waals surface area (Å²) in [6, 6.07) is 31.2. The van der Waals surface area contributed by atoms with Crippen LogP contribution < -0.4 is 9.47 Å². The Morgan fingerprint density at radius 3 is 2.09 bits per heavy atom. The van der Waals surface area contributed by atoms with Crippen molar-refractivity contribution >= 4 is 22.5 Å². The van der Waals surface area contributed by atoms with Crippen molar-refractivity contribution in [3.63, 3.8) is 0 Å². The van der Waals surface area contributed by atoms with E-state index in [1.165, 1.54) is 0 Å². The highest BCUT2D eigenvalue weighted by molar-refractivity contribution is 7.13. The Kier molecular flexibility index (Phi) is 7.85. The van der Waals surface area contributed by atoms with Gasteiger partial charge in [0.05, 0.1) is 32.1 Å². The summed E-state index contributed by atoms with van der Waals surface area (Å²) in [4.78, 5) is 10.4. The lowest BCUT2D eigenvalue weighted by Crippen LogP contribution is -2.51. The zero-order valence-electron chi connectivity index (χ0n) is 24.9. The Morgan fingerprint density at radius 1 is 0.844 bits per heavy atom. The molecule has 0 radical (unpaired) electrons. The zero-order chi connectivity index (χ0) is 31.0. The first-order chi connectivity index (χ1) is 22.0. The van der Waals surface area contributed by atoms with Crippen LogP contribution in [0.25, 0.3) is 21.6 Å². The van der Waals surface area contributed by atoms with Crippen LogP contribution in [0.5, 0.6) is 11.5 Å². The highest BCUT2D eigenvalue weighted by Crippen LogP contribution is 2.47. The molecule has 6 aromatic rings. The molecule has 9 heteroatoms. The van der Waals surface area contributed by atoms with Crippen molar-refractivity contribution in [3.8, 4) is 21.9 Å². The molecule has 0 saturated carbocycles. The molecule has 0 amide bonds. The van der Waals surface area contributed by atoms with Crippen molar-refractivity contribution < 1.29 is 24.4 Å². The van der Waals surface area contributed by atoms with Crippen LogP contribution in [0.1, 0.15) is 29.3 Å². The van der Waals surface area contributed by atoms with Gasteiger partial charge >= 0.3 is 0 Å². The number of hydrogen-bond donors (Lipinski definition) is 2. The summed E-state index contributed by atoms with van der Waals surface area (Å²) in [6.07, 6.45) is 0.0232. The van der Waals surface area contributed by atoms with Crippen LogP contribution in [0.3, 0.4) is 0 Å². The first-order valence-electron chi connectivity index (χ1n) is 14.8. The summed E-state index contributed by atoms with van der Waals surface area (Å²) in [5, 5.41) is 26.3. The predicted molar refractivity (Wildman–Crippen MR) is 174 cm³/mol. The number of aromatic nitrogens is 3. The SMILES string of the molecule is COc1ccc(C(c2ccccc2)(c2ccc(OC)cc2)C(O)[C@H]2O[C@@H](n3cnc4c(-c5cccs5)ccnc43)C[C@@H]2O)cc1. The molecule has 3 aromatic carbocycles. The molecule has 7 rings (SSSR count). The maximum Gasteiger partial charge on any atom is 0.162 e. The number of nitrogens with zero attached hydrogens (tertiary/aromatic N) is 3. The van der Waals surface area contributed by atoms with Crippen LogP contribution in [0.15, 0.2) is 115 Å². The van der Waals surface area contributed by atoms with Gasteiger partial charge in [-0.2, -0.15) is 0 Å². The Labute approximate surface area is 265 Å². The third kappa shape index (κ3) is 4.98. The molecular weight excluding hydrogens is 586 g/mol. The van der Waals surface area contributed by atoms with E-state index < -0.39 is 30.0 Å². The maximum absolute atomic E-state index is 12.7. The summed E-state index contributed by atoms with van der Waals surface area (Å²) >= 11 is 1.64. The van der Waals surface area contributed by atoms with E-state index >= 15 is 0 Å². The number of benzene rings is 3. The standard InChI is InChI=1S/C36H33N3O5S/c1-42-26-14-10-24(11-15-26)36(23-7-4-3-5-8-23,25-12-16-27(43-2)17-13-25)34(41)33-29(40)21-31(44-33)39-22-38-32-28(18-19-37-35(32)39)30-9-6-20-45-30/h3-20,22,29,31,33-34,40-41H,21H2,1-2H3/t29-,31+,33-,34?/m0/s1. The second kappa shape index (κ2) is 12.1. The summed E-state index contributed by atoms with van der Waals surface area (Å²) in [7, 11) is 3.25. The molecule has 1 unspecified atom stereocenters. The van der Waals surface area contributed by atoms with Crippen molar-refractivity contribution in [2.45, 2.75) is 36.4 Å². The minimum Gasteiger partial charge on any atom is -0.497 e. The van der Waals surface area contributed by atoms with Crippen molar-refractivity contribution in [1.82, 2.24) is 14.5 Å². The molecule has 0 spiro atoms. The van der Waals surface area contributed by atoms with Gasteiger partial charge in [0.2, 0.25) is 0 Å². The Hall–Kier alpha value is -4.54. The largest absolute Gasteiger partial charge is 0.497 e. The number of fused-ring (bicyclic) bond motifs is 1. The number of rotatable bonds is 9. The number of thiophene rings is 1. The van der Waals surface area contributed by atoms with Gasteiger partial charge in [-0.3, -0.25) is 4.57 Å². The zero-order valence-corrected chi connectivity index (χ0v) is 25.7. The molecule has 1 fully saturated rings. The molecule has 4 atom stereocenters. The Bertz CT molecular complexity index is 1830. The number of methoxy groups -OCH3 is 2. The fraction of sp³-hybridized carbons (Fsp3) is 0.222. The first-order valence-corrected chi connectivity index (χ1v) is 15.6. The molecule has 4 heterocycles. The average Bonchev–Trinajstić information content (AvgIpc) is 3.86. The maximum atomic E-state index is 12.7. The van der Waals surface area contributed by atoms with Gasteiger partial charge < -0.3 is 24.4 Å². The molecule has 0 bridgehead atoms. The van der Waals surface area contributed by atoms with Crippen molar-refractivity contribution in [2.24, 2.45) is 0 Å². The van der Waals surface area contributed by atoms with Crippen LogP contribution in [-0.4, -0.2) is 57.3 Å². The van der Waals surface area contributed by atoms with Gasteiger partial charge in [0, 0.05) is 23.1 Å². The highest BCUT2D eigenvalue weighted by atomic mass is 32.1. The molecule has 45 heavy (non-hydrogen) atoms. The van der Waals surface area contributed by atoms with Gasteiger partial charge in [0.1, 0.15) is 35.5 Å². The van der Waals surface area contributed by atoms with E-state index in [2.05, 4.69) is 11.1 Å². The minimum absolute atomic E-state index is 0.258. The minimum atomic E-state index is -1.20. The summed E-state index contributed by atoms with van der Waals surface area (Å²) < 4.78 is 19.4. The van der Waals surface area contributed by atoms with E-state index in [-0.39, 0.29) is 6.42 Å². The number of aliphatic hydroxyl groups is 2. The number of hydrogen-bond acceptors (Lipinski definition) is 8. The van der Waals surface area contributed by atoms with E-state index in [9.17, 15) is 10.2 Å². The molecule has 0 aliphatic carbocycles. The van der Waals surface area contributed by atoms with Gasteiger partial charge in [-0.25, -0.2) is 9.97 Å². The second-order valence-corrected chi connectivity index (χ2v) is 12.0. The lowest BCUT2D eigenvalue weighted by Gasteiger charge is -2.43. The fourth-order valence-corrected chi connectivity index (χ4v) is 7.33. The average molecular weight is 620 g/mol. The Morgan fingerprint density at radius 2 is 1.49 bits per heavy atom. The topological polar surface area (TPSA) is 98.9 Å². The van der Waals surface area contributed by atoms with E-state index in [4.69, 9.17) is 19.2 Å². The van der Waals surface area contributed by atoms with Gasteiger partial charge in [0.15, 0.2) is 5.65 Å². The molecule has 1 aliphatic rings. The molecule has 3 aromatic heterocycles. The molecule has 1 saturated heterocycles. The van der Waals surface area contributed by atoms with E-state index in [0.717, 1.165) is 32.6 Å². The number of aliphatic hydroxyl groups excluding tert-OH is 2. The monoisotopic (exact) mass is 619 g/mol. The fourth-order valence-electron chi connectivity index (χ4n) is 6.58. The molecule has 228 valence electrons. The predicted octanol–water partition coefficient (Wildman–Crippen LogP) is 6.22. The van der Waals surface area contributed by atoms with E-state index in [1.807, 2.05) is 101 Å². The van der Waals surface area contributed by atoms with E-state index in [1.54, 1.807) is 38.1 Å². The summed E-state index contributed by atoms with van der Waals surface area (Å²) in [5.41, 5.74) is 3.78. The molecule has 8 nitrogen and oxygen atoms in total. The Balaban J connectivity index is 1.33. The molecule has 1 aliphatic heterocycles. The van der Waals surface area contributed by atoms with E-state index in [0.29, 0.717) is 17.1 Å². The third-order valence-electron chi connectivity index (χ3n) is 8.77. The van der Waals surface area contributed by atoms with Crippen LogP contribution >= 0.6 is 11.3 Å². The normalized spacial score (nSPS) is 19.1. The molecule has 2 N–H and O–H groups in total. The van der Waals surface area contributed by atoms with Gasteiger partial charge in [0.25, 0.3) is 0 Å². The molecular formula is C36H33N3O5S. The summed E-state index contributed by atoms with van der Waals surface area (Å²) in [5.74, 6) is 1.40. The van der Waals surface area contributed by atoms with Crippen LogP contribution in [0.4, 0.5) is 0 Å². The van der Waals surface area contributed by atoms with Gasteiger partial charge in [-0.1, -0.05) is 60.7 Å². The third-order valence-corrected chi connectivity index (χ3v) is 9.67. The highest BCUT2D eigenvalue weighted by Gasteiger charge is 2.52. The lowest BCUT2D eigenvalue weighted by molar-refractivity contribution is -0.0960. The lowest BCUT2D eigenvalue weighted by atomic mass is 9.64. The smallest absolute Gasteiger partial charge is 0.162 e. The van der Waals surface area contributed by atoms with Crippen molar-refractivity contribution in [2.75, 3.05) is 14.2 Å². The van der Waals surface area contributed by atoms with Crippen molar-refractivity contribution in [3.05, 3.63) is 132 Å². The van der Waals surface area contributed by atoms with Crippen LogP contribution in [-0.2, 0) is 10.2 Å². The number of pyridine rings is 1. The van der Waals surface area contributed by atoms with Crippen LogP contribution in [0, 0.1) is 0 Å². The van der Waals surface area contributed by atoms with Crippen LogP contribution in [0.2, 0.25) is 0 Å². The van der Waals surface area contributed by atoms with Crippen molar-refractivity contribution in [1.29, 1.82) is 0 Å². The van der Waals surface area contributed by atoms with Gasteiger partial charge in [-0.15, -0.1) is 11.3 Å². The van der Waals surface area contributed by atoms with Gasteiger partial charge in [-0.05, 0) is 58.5 Å². The number of ether oxygens (including phenoxy) is 3. The summed E-state index contributed by atoms with van der Waals surface area (Å²) in [6.45, 7) is 0. The second-order valence-electron chi connectivity index (χ2n) is 11.1. The first kappa shape index (κ1) is 29.2.